The van der Waals surface area contributed by atoms with Crippen LogP contribution in [0.1, 0.15) is 17.8 Å². The largest absolute Gasteiger partial charge is 0.484 e. The monoisotopic (exact) mass is 335 g/mol. The molecule has 1 unspecified atom stereocenters. The van der Waals surface area contributed by atoms with Gasteiger partial charge in [0.2, 0.25) is 0 Å². The third kappa shape index (κ3) is 5.13. The fourth-order valence-electron chi connectivity index (χ4n) is 1.69. The van der Waals surface area contributed by atoms with E-state index in [2.05, 4.69) is 10.1 Å². The average molecular weight is 336 g/mol. The van der Waals surface area contributed by atoms with Crippen molar-refractivity contribution in [3.8, 4) is 5.75 Å². The van der Waals surface area contributed by atoms with E-state index in [1.165, 1.54) is 23.5 Å². The van der Waals surface area contributed by atoms with E-state index in [9.17, 15) is 13.2 Å². The highest BCUT2D eigenvalue weighted by atomic mass is 35.5. The lowest BCUT2D eigenvalue weighted by Gasteiger charge is -2.14. The number of thiophene rings is 1. The fraction of sp³-hybridized carbons (Fsp3) is 0.286. The second-order valence-electron chi connectivity index (χ2n) is 4.44. The molecule has 0 aliphatic carbocycles. The molecule has 1 aromatic carbocycles. The van der Waals surface area contributed by atoms with Gasteiger partial charge in [-0.15, -0.1) is 11.3 Å². The summed E-state index contributed by atoms with van der Waals surface area (Å²) in [5.74, 6) is 0.185. The first kappa shape index (κ1) is 16.0. The Bertz CT molecular complexity index is 583. The van der Waals surface area contributed by atoms with Crippen molar-refractivity contribution in [3.63, 3.8) is 0 Å². The molecule has 7 heteroatoms. The van der Waals surface area contributed by atoms with Crippen LogP contribution in [0, 0.1) is 0 Å². The van der Waals surface area contributed by atoms with E-state index in [-0.39, 0.29) is 11.8 Å². The summed E-state index contributed by atoms with van der Waals surface area (Å²) in [6.45, 7) is 0.695. The zero-order chi connectivity index (χ0) is 15.5. The lowest BCUT2D eigenvalue weighted by Crippen LogP contribution is -2.19. The molecule has 0 saturated carbocycles. The molecule has 0 spiro atoms. The van der Waals surface area contributed by atoms with Crippen molar-refractivity contribution in [1.29, 1.82) is 0 Å². The highest BCUT2D eigenvalue weighted by Crippen LogP contribution is 2.29. The maximum Gasteiger partial charge on any atom is 0.422 e. The van der Waals surface area contributed by atoms with Gasteiger partial charge in [-0.05, 0) is 43.3 Å². The van der Waals surface area contributed by atoms with Crippen LogP contribution in [0.25, 0.3) is 0 Å². The van der Waals surface area contributed by atoms with Gasteiger partial charge in [0.1, 0.15) is 5.75 Å². The van der Waals surface area contributed by atoms with E-state index in [0.29, 0.717) is 0 Å². The number of alkyl halides is 3. The molecule has 21 heavy (non-hydrogen) atoms. The Morgan fingerprint density at radius 2 is 1.86 bits per heavy atom. The van der Waals surface area contributed by atoms with Crippen LogP contribution in [-0.4, -0.2) is 12.8 Å². The van der Waals surface area contributed by atoms with Crippen molar-refractivity contribution >= 4 is 28.6 Å². The van der Waals surface area contributed by atoms with Crippen LogP contribution < -0.4 is 10.1 Å². The minimum absolute atomic E-state index is 0.0597. The summed E-state index contributed by atoms with van der Waals surface area (Å²) < 4.78 is 41.5. The summed E-state index contributed by atoms with van der Waals surface area (Å²) in [6.07, 6.45) is -4.33. The number of halogens is 4. The van der Waals surface area contributed by atoms with Gasteiger partial charge in [-0.1, -0.05) is 11.6 Å². The Morgan fingerprint density at radius 3 is 2.38 bits per heavy atom. The standard InChI is InChI=1S/C14H13ClF3NOS/c1-9(12-6-7-13(15)21-12)19-10-2-4-11(5-3-10)20-8-14(16,17)18/h2-7,9,19H,8H2,1H3. The molecule has 0 aliphatic heterocycles. The van der Waals surface area contributed by atoms with Gasteiger partial charge in [0, 0.05) is 10.6 Å². The number of ether oxygens (including phenoxy) is 1. The van der Waals surface area contributed by atoms with E-state index in [0.717, 1.165) is 14.9 Å². The second kappa shape index (κ2) is 6.58. The molecular formula is C14H13ClF3NOS. The van der Waals surface area contributed by atoms with Gasteiger partial charge in [0.25, 0.3) is 0 Å². The molecule has 2 nitrogen and oxygen atoms in total. The molecule has 0 radical (unpaired) electrons. The average Bonchev–Trinajstić information content (AvgIpc) is 2.84. The van der Waals surface area contributed by atoms with E-state index in [1.54, 1.807) is 12.1 Å². The Balaban J connectivity index is 1.93. The van der Waals surface area contributed by atoms with Gasteiger partial charge < -0.3 is 10.1 Å². The normalized spacial score (nSPS) is 13.0. The van der Waals surface area contributed by atoms with Gasteiger partial charge in [0.15, 0.2) is 6.61 Å². The molecule has 1 heterocycles. The Labute approximate surface area is 129 Å². The number of nitrogens with one attached hydrogen (secondary N) is 1. The smallest absolute Gasteiger partial charge is 0.422 e. The summed E-state index contributed by atoms with van der Waals surface area (Å²) in [5.41, 5.74) is 0.798. The molecule has 0 saturated heterocycles. The number of rotatable bonds is 5. The first-order chi connectivity index (χ1) is 9.83. The Hall–Kier alpha value is -1.40. The zero-order valence-electron chi connectivity index (χ0n) is 11.1. The van der Waals surface area contributed by atoms with Crippen molar-refractivity contribution in [3.05, 3.63) is 45.6 Å². The highest BCUT2D eigenvalue weighted by molar-refractivity contribution is 7.16. The Morgan fingerprint density at radius 1 is 1.19 bits per heavy atom. The second-order valence-corrected chi connectivity index (χ2v) is 6.18. The SMILES string of the molecule is CC(Nc1ccc(OCC(F)(F)F)cc1)c1ccc(Cl)s1. The molecule has 0 bridgehead atoms. The van der Waals surface area contributed by atoms with E-state index >= 15 is 0 Å². The van der Waals surface area contributed by atoms with Crippen molar-refractivity contribution in [2.24, 2.45) is 0 Å². The molecule has 2 rings (SSSR count). The minimum Gasteiger partial charge on any atom is -0.484 e. The van der Waals surface area contributed by atoms with Gasteiger partial charge >= 0.3 is 6.18 Å². The topological polar surface area (TPSA) is 21.3 Å². The third-order valence-electron chi connectivity index (χ3n) is 2.66. The summed E-state index contributed by atoms with van der Waals surface area (Å²) >= 11 is 7.36. The van der Waals surface area contributed by atoms with Gasteiger partial charge in [0.05, 0.1) is 10.4 Å². The van der Waals surface area contributed by atoms with Crippen LogP contribution in [0.3, 0.4) is 0 Å². The Kier molecular flexibility index (Phi) is 5.00. The van der Waals surface area contributed by atoms with Crippen molar-refractivity contribution < 1.29 is 17.9 Å². The first-order valence-corrected chi connectivity index (χ1v) is 7.34. The van der Waals surface area contributed by atoms with Crippen LogP contribution in [0.4, 0.5) is 18.9 Å². The third-order valence-corrected chi connectivity index (χ3v) is 4.07. The van der Waals surface area contributed by atoms with Gasteiger partial charge in [-0.25, -0.2) is 0 Å². The molecular weight excluding hydrogens is 323 g/mol. The van der Waals surface area contributed by atoms with Crippen molar-refractivity contribution in [2.75, 3.05) is 11.9 Å². The van der Waals surface area contributed by atoms with Crippen LogP contribution in [0.2, 0.25) is 4.34 Å². The van der Waals surface area contributed by atoms with E-state index < -0.39 is 12.8 Å². The van der Waals surface area contributed by atoms with Crippen molar-refractivity contribution in [2.45, 2.75) is 19.1 Å². The van der Waals surface area contributed by atoms with E-state index in [4.69, 9.17) is 11.6 Å². The molecule has 1 N–H and O–H groups in total. The maximum atomic E-state index is 12.0. The number of anilines is 1. The summed E-state index contributed by atoms with van der Waals surface area (Å²) in [7, 11) is 0. The molecule has 2 aromatic rings. The summed E-state index contributed by atoms with van der Waals surface area (Å²) in [6, 6.07) is 10.2. The summed E-state index contributed by atoms with van der Waals surface area (Å²) in [5, 5.41) is 3.25. The van der Waals surface area contributed by atoms with Crippen molar-refractivity contribution in [1.82, 2.24) is 0 Å². The molecule has 1 atom stereocenters. The van der Waals surface area contributed by atoms with Crippen LogP contribution in [0.15, 0.2) is 36.4 Å². The predicted molar refractivity (Wildman–Crippen MR) is 79.4 cm³/mol. The maximum absolute atomic E-state index is 12.0. The summed E-state index contributed by atoms with van der Waals surface area (Å²) in [4.78, 5) is 1.08. The number of hydrogen-bond acceptors (Lipinski definition) is 3. The lowest BCUT2D eigenvalue weighted by molar-refractivity contribution is -0.153. The first-order valence-electron chi connectivity index (χ1n) is 6.15. The quantitative estimate of drug-likeness (QED) is 0.777. The molecule has 1 aromatic heterocycles. The molecule has 0 amide bonds. The van der Waals surface area contributed by atoms with Crippen LogP contribution >= 0.6 is 22.9 Å². The fourth-order valence-corrected chi connectivity index (χ4v) is 2.76. The van der Waals surface area contributed by atoms with E-state index in [1.807, 2.05) is 19.1 Å². The molecule has 114 valence electrons. The predicted octanol–water partition coefficient (Wildman–Crippen LogP) is 5.52. The van der Waals surface area contributed by atoms with Crippen LogP contribution in [-0.2, 0) is 0 Å². The lowest BCUT2D eigenvalue weighted by atomic mass is 10.2. The van der Waals surface area contributed by atoms with Gasteiger partial charge in [-0.2, -0.15) is 13.2 Å². The van der Waals surface area contributed by atoms with Gasteiger partial charge in [-0.3, -0.25) is 0 Å². The number of benzene rings is 1. The highest BCUT2D eigenvalue weighted by Gasteiger charge is 2.28. The molecule has 0 fully saturated rings. The van der Waals surface area contributed by atoms with Crippen LogP contribution in [0.5, 0.6) is 5.75 Å². The molecule has 0 aliphatic rings. The minimum atomic E-state index is -4.33. The zero-order valence-corrected chi connectivity index (χ0v) is 12.6. The number of hydrogen-bond donors (Lipinski definition) is 1.